The predicted octanol–water partition coefficient (Wildman–Crippen LogP) is 7.19. The summed E-state index contributed by atoms with van der Waals surface area (Å²) in [5.41, 5.74) is 2.88. The first-order valence-corrected chi connectivity index (χ1v) is 18.0. The van der Waals surface area contributed by atoms with Gasteiger partial charge in [-0.3, -0.25) is 0 Å². The zero-order valence-corrected chi connectivity index (χ0v) is 25.6. The lowest BCUT2D eigenvalue weighted by molar-refractivity contribution is 0.125. The molecular weight excluding hydrogens is 547 g/mol. The van der Waals surface area contributed by atoms with Crippen LogP contribution in [0.25, 0.3) is 22.2 Å². The molecule has 0 spiro atoms. The minimum atomic E-state index is -0.166. The minimum Gasteiger partial charge on any atom is -0.459 e. The summed E-state index contributed by atoms with van der Waals surface area (Å²) in [5.74, 6) is 9.06. The van der Waals surface area contributed by atoms with E-state index in [1.54, 1.807) is 18.6 Å². The van der Waals surface area contributed by atoms with Crippen LogP contribution in [-0.4, -0.2) is 68.6 Å². The van der Waals surface area contributed by atoms with Crippen molar-refractivity contribution >= 4 is 59.6 Å². The maximum Gasteiger partial charge on any atom is 0.251 e. The SMILES string of the molecule is Cc1nc(NC2CCC(O)CC2)c2occc2n1.OC1CCC(Nc2nc(Cl)nc3ccoc23)CC1.[CH3][Al]([CH3])[CH3].[HH].[HH].[HH].[HH]. The number of hydrogen-bond acceptors (Lipinski definition) is 10. The highest BCUT2D eigenvalue weighted by molar-refractivity contribution is 6.54. The largest absolute Gasteiger partial charge is 0.459 e. The molecule has 4 aromatic heterocycles. The highest BCUT2D eigenvalue weighted by atomic mass is 35.5. The Morgan fingerprint density at radius 1 is 0.750 bits per heavy atom. The normalized spacial score (nSPS) is 22.6. The molecule has 40 heavy (non-hydrogen) atoms. The highest BCUT2D eigenvalue weighted by Gasteiger charge is 2.22. The molecule has 0 bridgehead atoms. The van der Waals surface area contributed by atoms with Gasteiger partial charge < -0.3 is 29.7 Å². The molecule has 2 fully saturated rings. The van der Waals surface area contributed by atoms with Crippen LogP contribution in [0.1, 0.15) is 62.9 Å². The molecule has 4 aromatic rings. The highest BCUT2D eigenvalue weighted by Crippen LogP contribution is 2.28. The van der Waals surface area contributed by atoms with Gasteiger partial charge in [-0.2, -0.15) is 4.98 Å². The van der Waals surface area contributed by atoms with Crippen LogP contribution in [0.15, 0.2) is 33.5 Å². The van der Waals surface area contributed by atoms with Crippen LogP contribution < -0.4 is 10.6 Å². The first-order valence-electron chi connectivity index (χ1n) is 14.2. The van der Waals surface area contributed by atoms with Gasteiger partial charge in [-0.25, -0.2) is 15.0 Å². The Morgan fingerprint density at radius 2 is 1.18 bits per heavy atom. The maximum atomic E-state index is 9.50. The Hall–Kier alpha value is -2.42. The van der Waals surface area contributed by atoms with E-state index in [9.17, 15) is 10.2 Å². The number of rotatable bonds is 4. The van der Waals surface area contributed by atoms with E-state index >= 15 is 0 Å². The van der Waals surface area contributed by atoms with Gasteiger partial charge in [-0.1, -0.05) is 0 Å². The van der Waals surface area contributed by atoms with Crippen LogP contribution in [0.4, 0.5) is 11.6 Å². The van der Waals surface area contributed by atoms with Crippen molar-refractivity contribution in [2.75, 3.05) is 10.6 Å². The van der Waals surface area contributed by atoms with Gasteiger partial charge in [0.1, 0.15) is 16.9 Å². The number of furan rings is 2. The summed E-state index contributed by atoms with van der Waals surface area (Å²) in [5, 5.41) is 25.9. The van der Waals surface area contributed by atoms with Gasteiger partial charge >= 0.3 is 0 Å². The topological polar surface area (TPSA) is 142 Å². The number of aromatic nitrogens is 4. The summed E-state index contributed by atoms with van der Waals surface area (Å²) in [4.78, 5) is 17.0. The van der Waals surface area contributed by atoms with Gasteiger partial charge in [-0.05, 0) is 69.9 Å². The second-order valence-electron chi connectivity index (χ2n) is 11.3. The number of anilines is 2. The average molecular weight is 595 g/mol. The summed E-state index contributed by atoms with van der Waals surface area (Å²) in [7, 11) is 0. The zero-order valence-electron chi connectivity index (χ0n) is 23.7. The van der Waals surface area contributed by atoms with Crippen LogP contribution in [0, 0.1) is 6.92 Å². The first-order chi connectivity index (χ1) is 19.2. The number of aryl methyl sites for hydroxylation is 1. The molecule has 12 heteroatoms. The van der Waals surface area contributed by atoms with E-state index in [2.05, 4.69) is 47.9 Å². The summed E-state index contributed by atoms with van der Waals surface area (Å²) in [6.45, 7) is 1.88. The number of nitrogens with one attached hydrogen (secondary N) is 2. The van der Waals surface area contributed by atoms with E-state index in [1.807, 2.05) is 13.0 Å². The lowest BCUT2D eigenvalue weighted by Crippen LogP contribution is -2.28. The Balaban J connectivity index is 0.000000694. The Labute approximate surface area is 250 Å². The van der Waals surface area contributed by atoms with Gasteiger partial charge in [0, 0.05) is 29.9 Å². The molecule has 6 rings (SSSR count). The molecule has 4 N–H and O–H groups in total. The third-order valence-corrected chi connectivity index (χ3v) is 6.94. The van der Waals surface area contributed by atoms with Crippen molar-refractivity contribution in [3.63, 3.8) is 0 Å². The van der Waals surface area contributed by atoms with Crippen LogP contribution in [-0.2, 0) is 0 Å². The van der Waals surface area contributed by atoms with Crippen LogP contribution in [0.5, 0.6) is 0 Å². The molecule has 10 nitrogen and oxygen atoms in total. The molecular formula is C28H48AlClN6O4. The Bertz CT molecular complexity index is 1270. The monoisotopic (exact) mass is 594 g/mol. The number of aliphatic hydroxyl groups excluding tert-OH is 2. The second kappa shape index (κ2) is 14.5. The number of fused-ring (bicyclic) bond motifs is 2. The number of halogens is 1. The van der Waals surface area contributed by atoms with E-state index in [0.29, 0.717) is 34.6 Å². The van der Waals surface area contributed by atoms with Crippen molar-refractivity contribution < 1.29 is 24.8 Å². The molecule has 0 unspecified atom stereocenters. The fourth-order valence-electron chi connectivity index (χ4n) is 4.84. The zero-order chi connectivity index (χ0) is 28.6. The second-order valence-corrected chi connectivity index (χ2v) is 15.1. The van der Waals surface area contributed by atoms with Gasteiger partial charge in [0.2, 0.25) is 5.28 Å². The quantitative estimate of drug-likeness (QED) is 0.141. The molecule has 0 radical (unpaired) electrons. The third-order valence-electron chi connectivity index (χ3n) is 6.77. The fraction of sp³-hybridized carbons (Fsp3) is 0.571. The van der Waals surface area contributed by atoms with Crippen molar-refractivity contribution in [2.45, 2.75) is 99.9 Å². The third kappa shape index (κ3) is 8.79. The number of nitrogens with zero attached hydrogens (tertiary/aromatic N) is 4. The number of hydrogen-bond donors (Lipinski definition) is 4. The maximum absolute atomic E-state index is 9.50. The Morgan fingerprint density at radius 3 is 1.65 bits per heavy atom. The average Bonchev–Trinajstić information content (AvgIpc) is 3.56. The van der Waals surface area contributed by atoms with Gasteiger partial charge in [-0.15, -0.1) is 17.4 Å². The predicted molar refractivity (Wildman–Crippen MR) is 169 cm³/mol. The summed E-state index contributed by atoms with van der Waals surface area (Å²) in [6, 6.07) is 4.27. The molecule has 0 aliphatic heterocycles. The van der Waals surface area contributed by atoms with Gasteiger partial charge in [0.25, 0.3) is 14.1 Å². The summed E-state index contributed by atoms with van der Waals surface area (Å²) < 4.78 is 10.8. The van der Waals surface area contributed by atoms with E-state index in [-0.39, 0.29) is 37.3 Å². The van der Waals surface area contributed by atoms with E-state index in [4.69, 9.17) is 20.4 Å². The summed E-state index contributed by atoms with van der Waals surface area (Å²) in [6.07, 6.45) is 10.0. The molecule has 0 amide bonds. The van der Waals surface area contributed by atoms with Gasteiger partial charge in [0.15, 0.2) is 22.8 Å². The smallest absolute Gasteiger partial charge is 0.251 e. The lowest BCUT2D eigenvalue weighted by Gasteiger charge is -2.26. The van der Waals surface area contributed by atoms with Gasteiger partial charge in [0.05, 0.1) is 24.7 Å². The van der Waals surface area contributed by atoms with Crippen molar-refractivity contribution in [2.24, 2.45) is 0 Å². The Kier molecular flexibility index (Phi) is 11.0. The minimum absolute atomic E-state index is 0. The number of aliphatic hydroxyl groups is 2. The molecule has 224 valence electrons. The van der Waals surface area contributed by atoms with Crippen molar-refractivity contribution in [3.8, 4) is 0 Å². The van der Waals surface area contributed by atoms with Crippen molar-refractivity contribution in [1.82, 2.24) is 19.9 Å². The molecule has 4 heterocycles. The molecule has 0 saturated heterocycles. The molecule has 0 atom stereocenters. The first kappa shape index (κ1) is 30.5. The van der Waals surface area contributed by atoms with E-state index in [0.717, 1.165) is 68.5 Å². The van der Waals surface area contributed by atoms with Crippen LogP contribution in [0.3, 0.4) is 0 Å². The van der Waals surface area contributed by atoms with Crippen LogP contribution in [0.2, 0.25) is 22.6 Å². The van der Waals surface area contributed by atoms with Crippen molar-refractivity contribution in [3.05, 3.63) is 35.8 Å². The molecule has 2 saturated carbocycles. The molecule has 2 aliphatic rings. The van der Waals surface area contributed by atoms with Crippen molar-refractivity contribution in [1.29, 1.82) is 0 Å². The van der Waals surface area contributed by atoms with Crippen LogP contribution >= 0.6 is 11.6 Å². The van der Waals surface area contributed by atoms with E-state index < -0.39 is 0 Å². The molecule has 0 aromatic carbocycles. The fourth-order valence-corrected chi connectivity index (χ4v) is 5.01. The summed E-state index contributed by atoms with van der Waals surface area (Å²) >= 11 is 5.74. The molecule has 2 aliphatic carbocycles. The standard InChI is InChI=1S/C13H17N3O2.C12H14ClN3O2.3CH3.Al.4H2/c1-8-14-11-6-7-18-12(11)13(15-8)16-9-2-4-10(17)5-3-9;13-12-15-9-5-6-18-10(9)11(16-12)14-7-1-3-8(17)4-2-7;;;;;;;;/h6-7,9-10,17H,2-5H2,1H3,(H,14,15,16);5-8,17H,1-4H2,(H,14,15,16);3*1H3;;4*1H. The lowest BCUT2D eigenvalue weighted by atomic mass is 9.93. The van der Waals surface area contributed by atoms with E-state index in [1.165, 1.54) is 0 Å².